The van der Waals surface area contributed by atoms with Crippen molar-refractivity contribution in [3.63, 3.8) is 0 Å². The van der Waals surface area contributed by atoms with Crippen LogP contribution in [0.1, 0.15) is 21.6 Å². The highest BCUT2D eigenvalue weighted by Gasteiger charge is 2.07. The number of hydrogen-bond donors (Lipinski definition) is 2. The molecule has 0 aliphatic carbocycles. The molecular formula is C17H15N3O2. The van der Waals surface area contributed by atoms with Crippen LogP contribution in [0.4, 0.5) is 5.69 Å². The monoisotopic (exact) mass is 293 g/mol. The molecule has 0 fully saturated rings. The van der Waals surface area contributed by atoms with Crippen molar-refractivity contribution in [3.8, 4) is 0 Å². The third kappa shape index (κ3) is 2.56. The molecule has 0 amide bonds. The average molecular weight is 293 g/mol. The summed E-state index contributed by atoms with van der Waals surface area (Å²) in [4.78, 5) is 11.5. The maximum atomic E-state index is 11.5. The lowest BCUT2D eigenvalue weighted by Gasteiger charge is -2.03. The summed E-state index contributed by atoms with van der Waals surface area (Å²) in [6, 6.07) is 13.0. The molecule has 0 unspecified atom stereocenters. The summed E-state index contributed by atoms with van der Waals surface area (Å²) in [5, 5.41) is 8.29. The second-order valence-corrected chi connectivity index (χ2v) is 4.82. The zero-order chi connectivity index (χ0) is 15.5. The number of fused-ring (bicyclic) bond motifs is 1. The lowest BCUT2D eigenvalue weighted by Crippen LogP contribution is -2.02. The van der Waals surface area contributed by atoms with Crippen LogP contribution >= 0.6 is 0 Å². The fraction of sp³-hybridized carbons (Fsp3) is 0.0588. The molecule has 5 heteroatoms. The number of aromatic amines is 1. The van der Waals surface area contributed by atoms with E-state index in [2.05, 4.69) is 14.9 Å². The van der Waals surface area contributed by atoms with Crippen molar-refractivity contribution in [2.45, 2.75) is 0 Å². The Morgan fingerprint density at radius 2 is 2.05 bits per heavy atom. The predicted octanol–water partition coefficient (Wildman–Crippen LogP) is 3.10. The Morgan fingerprint density at radius 3 is 2.82 bits per heavy atom. The number of methoxy groups -OCH3 is 1. The van der Waals surface area contributed by atoms with Crippen molar-refractivity contribution in [3.05, 3.63) is 59.3 Å². The molecule has 0 saturated heterocycles. The first-order chi connectivity index (χ1) is 10.7. The van der Waals surface area contributed by atoms with Crippen molar-refractivity contribution in [2.24, 2.45) is 0 Å². The number of nitrogens with zero attached hydrogens (tertiary/aromatic N) is 1. The second-order valence-electron chi connectivity index (χ2n) is 4.82. The fourth-order valence-electron chi connectivity index (χ4n) is 2.25. The van der Waals surface area contributed by atoms with Gasteiger partial charge < -0.3 is 10.5 Å². The standard InChI is InChI=1S/C17H15N3O2/c1-22-17(21)12-7-6-11(14(18)10-12)8-9-16-13-4-2-3-5-15(13)19-20-16/h2-10H,18H2,1H3,(H,19,20). The minimum absolute atomic E-state index is 0.402. The maximum Gasteiger partial charge on any atom is 0.337 e. The van der Waals surface area contributed by atoms with Gasteiger partial charge in [0.25, 0.3) is 0 Å². The van der Waals surface area contributed by atoms with E-state index in [4.69, 9.17) is 5.73 Å². The SMILES string of the molecule is COC(=O)c1ccc(C=Cc2n[nH]c3ccccc23)c(N)c1. The zero-order valence-corrected chi connectivity index (χ0v) is 12.0. The lowest BCUT2D eigenvalue weighted by atomic mass is 10.1. The molecular weight excluding hydrogens is 278 g/mol. The van der Waals surface area contributed by atoms with E-state index >= 15 is 0 Å². The van der Waals surface area contributed by atoms with Crippen LogP contribution in [0.5, 0.6) is 0 Å². The molecule has 3 aromatic rings. The molecule has 22 heavy (non-hydrogen) atoms. The first-order valence-corrected chi connectivity index (χ1v) is 6.78. The molecule has 0 spiro atoms. The van der Waals surface area contributed by atoms with Gasteiger partial charge in [0.05, 0.1) is 23.9 Å². The molecule has 0 aliphatic rings. The number of benzene rings is 2. The van der Waals surface area contributed by atoms with E-state index in [9.17, 15) is 4.79 Å². The van der Waals surface area contributed by atoms with Gasteiger partial charge in [0.15, 0.2) is 0 Å². The number of rotatable bonds is 3. The van der Waals surface area contributed by atoms with Crippen LogP contribution in [0, 0.1) is 0 Å². The van der Waals surface area contributed by atoms with Gasteiger partial charge in [0.1, 0.15) is 0 Å². The normalized spacial score (nSPS) is 11.1. The quantitative estimate of drug-likeness (QED) is 0.574. The van der Waals surface area contributed by atoms with Crippen LogP contribution in [-0.4, -0.2) is 23.3 Å². The van der Waals surface area contributed by atoms with E-state index < -0.39 is 5.97 Å². The molecule has 2 aromatic carbocycles. The van der Waals surface area contributed by atoms with E-state index in [1.165, 1.54) is 7.11 Å². The van der Waals surface area contributed by atoms with Gasteiger partial charge in [0.2, 0.25) is 0 Å². The Kier molecular flexibility index (Phi) is 3.62. The number of nitrogens with one attached hydrogen (secondary N) is 1. The van der Waals surface area contributed by atoms with Crippen LogP contribution < -0.4 is 5.73 Å². The Morgan fingerprint density at radius 1 is 1.23 bits per heavy atom. The van der Waals surface area contributed by atoms with Crippen LogP contribution in [0.15, 0.2) is 42.5 Å². The second kappa shape index (κ2) is 5.73. The third-order valence-corrected chi connectivity index (χ3v) is 3.43. The number of carbonyl (C=O) groups is 1. The highest BCUT2D eigenvalue weighted by molar-refractivity contribution is 5.93. The molecule has 0 atom stereocenters. The molecule has 3 N–H and O–H groups in total. The number of ether oxygens (including phenoxy) is 1. The Labute approximate surface area is 127 Å². The van der Waals surface area contributed by atoms with E-state index in [1.54, 1.807) is 18.2 Å². The fourth-order valence-corrected chi connectivity index (χ4v) is 2.25. The molecule has 0 aliphatic heterocycles. The number of aromatic nitrogens is 2. The number of para-hydroxylation sites is 1. The minimum Gasteiger partial charge on any atom is -0.465 e. The Hall–Kier alpha value is -3.08. The molecule has 0 radical (unpaired) electrons. The molecule has 0 saturated carbocycles. The first-order valence-electron chi connectivity index (χ1n) is 6.78. The summed E-state index contributed by atoms with van der Waals surface area (Å²) >= 11 is 0. The molecule has 3 rings (SSSR count). The minimum atomic E-state index is -0.402. The third-order valence-electron chi connectivity index (χ3n) is 3.43. The van der Waals surface area contributed by atoms with E-state index in [-0.39, 0.29) is 0 Å². The number of anilines is 1. The topological polar surface area (TPSA) is 81.0 Å². The molecule has 110 valence electrons. The van der Waals surface area contributed by atoms with Crippen molar-refractivity contribution in [1.29, 1.82) is 0 Å². The Balaban J connectivity index is 1.91. The summed E-state index contributed by atoms with van der Waals surface area (Å²) < 4.78 is 4.67. The molecule has 5 nitrogen and oxygen atoms in total. The highest BCUT2D eigenvalue weighted by Crippen LogP contribution is 2.20. The van der Waals surface area contributed by atoms with Crippen LogP contribution in [0.25, 0.3) is 23.1 Å². The highest BCUT2D eigenvalue weighted by atomic mass is 16.5. The van der Waals surface area contributed by atoms with Crippen LogP contribution in [0.3, 0.4) is 0 Å². The van der Waals surface area contributed by atoms with Crippen LogP contribution in [0.2, 0.25) is 0 Å². The number of carbonyl (C=O) groups excluding carboxylic acids is 1. The van der Waals surface area contributed by atoms with Crippen molar-refractivity contribution in [2.75, 3.05) is 12.8 Å². The summed E-state index contributed by atoms with van der Waals surface area (Å²) in [7, 11) is 1.34. The zero-order valence-electron chi connectivity index (χ0n) is 12.0. The first kappa shape index (κ1) is 13.9. The van der Waals surface area contributed by atoms with Gasteiger partial charge in [-0.15, -0.1) is 0 Å². The summed E-state index contributed by atoms with van der Waals surface area (Å²) in [6.07, 6.45) is 3.77. The number of H-pyrrole nitrogens is 1. The molecule has 1 aromatic heterocycles. The van der Waals surface area contributed by atoms with E-state index in [0.717, 1.165) is 22.2 Å². The van der Waals surface area contributed by atoms with Gasteiger partial charge >= 0.3 is 5.97 Å². The summed E-state index contributed by atoms with van der Waals surface area (Å²) in [5.74, 6) is -0.402. The average Bonchev–Trinajstić information content (AvgIpc) is 2.96. The largest absolute Gasteiger partial charge is 0.465 e. The van der Waals surface area contributed by atoms with Gasteiger partial charge in [-0.3, -0.25) is 5.10 Å². The van der Waals surface area contributed by atoms with Gasteiger partial charge in [-0.25, -0.2) is 4.79 Å². The molecule has 0 bridgehead atoms. The maximum absolute atomic E-state index is 11.5. The summed E-state index contributed by atoms with van der Waals surface area (Å²) in [6.45, 7) is 0. The number of esters is 1. The van der Waals surface area contributed by atoms with Gasteiger partial charge in [-0.1, -0.05) is 30.3 Å². The smallest absolute Gasteiger partial charge is 0.337 e. The molecule has 1 heterocycles. The summed E-state index contributed by atoms with van der Waals surface area (Å²) in [5.41, 5.74) is 9.57. The van der Waals surface area contributed by atoms with Crippen LogP contribution in [-0.2, 0) is 4.74 Å². The number of nitrogens with two attached hydrogens (primary N) is 1. The number of nitrogen functional groups attached to an aromatic ring is 1. The van der Waals surface area contributed by atoms with Crippen molar-refractivity contribution in [1.82, 2.24) is 10.2 Å². The van der Waals surface area contributed by atoms with Gasteiger partial charge in [-0.05, 0) is 29.8 Å². The Bertz CT molecular complexity index is 865. The van der Waals surface area contributed by atoms with Gasteiger partial charge in [0, 0.05) is 11.1 Å². The van der Waals surface area contributed by atoms with E-state index in [1.807, 2.05) is 36.4 Å². The number of hydrogen-bond acceptors (Lipinski definition) is 4. The van der Waals surface area contributed by atoms with Gasteiger partial charge in [-0.2, -0.15) is 5.10 Å². The van der Waals surface area contributed by atoms with Crippen molar-refractivity contribution >= 4 is 34.7 Å². The lowest BCUT2D eigenvalue weighted by molar-refractivity contribution is 0.0601. The van der Waals surface area contributed by atoms with Crippen molar-refractivity contribution < 1.29 is 9.53 Å². The predicted molar refractivity (Wildman–Crippen MR) is 87.2 cm³/mol. The van der Waals surface area contributed by atoms with E-state index in [0.29, 0.717) is 11.3 Å².